The first kappa shape index (κ1) is 32.4. The highest BCUT2D eigenvalue weighted by Gasteiger charge is 2.59. The summed E-state index contributed by atoms with van der Waals surface area (Å²) in [5.41, 5.74) is -1.24. The Bertz CT molecular complexity index is 1650. The van der Waals surface area contributed by atoms with Gasteiger partial charge in [-0.05, 0) is 23.1 Å². The second kappa shape index (κ2) is 13.4. The number of halogens is 2. The van der Waals surface area contributed by atoms with Crippen LogP contribution in [-0.2, 0) is 28.9 Å². The Hall–Kier alpha value is -4.53. The molecule has 3 aromatic rings. The Morgan fingerprint density at radius 3 is 2.57 bits per heavy atom. The van der Waals surface area contributed by atoms with Crippen molar-refractivity contribution in [3.63, 3.8) is 0 Å². The molecule has 1 aliphatic heterocycles. The zero-order chi connectivity index (χ0) is 32.1. The number of hydrogen-bond donors (Lipinski definition) is 3. The van der Waals surface area contributed by atoms with E-state index in [0.29, 0.717) is 4.57 Å². The van der Waals surface area contributed by atoms with Gasteiger partial charge in [-0.1, -0.05) is 18.2 Å². The van der Waals surface area contributed by atoms with Crippen LogP contribution >= 0.6 is 0 Å². The van der Waals surface area contributed by atoms with Gasteiger partial charge in [0.05, 0.1) is 36.3 Å². The van der Waals surface area contributed by atoms with Crippen LogP contribution in [0.4, 0.5) is 14.6 Å². The number of carbonyl (C=O) groups excluding carboxylic acids is 2. The molecular weight excluding hydrogens is 620 g/mol. The quantitative estimate of drug-likeness (QED) is 0.119. The van der Waals surface area contributed by atoms with Gasteiger partial charge in [-0.25, -0.2) is 13.2 Å². The van der Waals surface area contributed by atoms with Crippen LogP contribution in [0.25, 0.3) is 0 Å². The average Bonchev–Trinajstić information content (AvgIpc) is 3.48. The van der Waals surface area contributed by atoms with Crippen LogP contribution in [0.5, 0.6) is 5.88 Å². The Labute approximate surface area is 246 Å². The van der Waals surface area contributed by atoms with Crippen molar-refractivity contribution in [1.29, 1.82) is 0 Å². The summed E-state index contributed by atoms with van der Waals surface area (Å²) in [5, 5.41) is 35.3. The molecule has 1 saturated heterocycles. The van der Waals surface area contributed by atoms with Gasteiger partial charge in [0.15, 0.2) is 6.10 Å². The minimum Gasteiger partial charge on any atom is -0.466 e. The number of aromatic nitrogens is 4. The molecular formula is C24H25F2N5O12S. The molecule has 3 N–H and O–H groups in total. The van der Waals surface area contributed by atoms with Crippen molar-refractivity contribution in [2.75, 3.05) is 25.1 Å². The molecule has 1 aliphatic rings. The number of aliphatic hydroxyl groups excluding tert-OH is 2. The van der Waals surface area contributed by atoms with Gasteiger partial charge in [0.2, 0.25) is 12.1 Å². The molecule has 44 heavy (non-hydrogen) atoms. The zero-order valence-electron chi connectivity index (χ0n) is 22.4. The van der Waals surface area contributed by atoms with E-state index >= 15 is 0 Å². The fraction of sp³-hybridized carbons (Fsp3) is 0.417. The van der Waals surface area contributed by atoms with Crippen LogP contribution in [0.15, 0.2) is 61.9 Å². The van der Waals surface area contributed by atoms with Crippen molar-refractivity contribution < 1.29 is 60.7 Å². The molecule has 0 spiro atoms. The molecule has 0 saturated carbocycles. The lowest BCUT2D eigenvalue weighted by molar-refractivity contribution is -0.832. The third kappa shape index (κ3) is 6.98. The number of ether oxygens (including phenoxy) is 3. The number of esters is 1. The number of amides is 1. The molecule has 0 aliphatic carbocycles. The number of alkyl halides is 2. The fourth-order valence-electron chi connectivity index (χ4n) is 3.93. The number of anilines is 1. The van der Waals surface area contributed by atoms with Gasteiger partial charge in [-0.15, -0.1) is 0 Å². The minimum atomic E-state index is -4.30. The summed E-state index contributed by atoms with van der Waals surface area (Å²) < 4.78 is 73.9. The van der Waals surface area contributed by atoms with Crippen LogP contribution in [0, 0.1) is 5.21 Å². The van der Waals surface area contributed by atoms with E-state index in [2.05, 4.69) is 20.1 Å². The lowest BCUT2D eigenvalue weighted by Gasteiger charge is -2.21. The van der Waals surface area contributed by atoms with Gasteiger partial charge in [0.25, 0.3) is 9.84 Å². The first-order chi connectivity index (χ1) is 20.9. The SMILES string of the molecule is O=C(CCC(=O)OCCCOc1no[n+]([O-])c1S(=O)(=O)c1ccccc1)Nc1ccn([C@@H]2O[C@H](CO)[C@@H](O)C2(F)F)c(=O)n1. The van der Waals surface area contributed by atoms with Crippen LogP contribution in [0.2, 0.25) is 0 Å². The number of benzene rings is 1. The second-order valence-electron chi connectivity index (χ2n) is 9.16. The predicted octanol–water partition coefficient (Wildman–Crippen LogP) is -0.686. The Kier molecular flexibility index (Phi) is 9.87. The maximum absolute atomic E-state index is 14.3. The van der Waals surface area contributed by atoms with Crippen LogP contribution in [0.3, 0.4) is 0 Å². The second-order valence-corrected chi connectivity index (χ2v) is 11.0. The van der Waals surface area contributed by atoms with E-state index < -0.39 is 75.7 Å². The van der Waals surface area contributed by atoms with Crippen molar-refractivity contribution in [3.8, 4) is 5.88 Å². The van der Waals surface area contributed by atoms with Gasteiger partial charge in [-0.3, -0.25) is 18.8 Å². The molecule has 0 radical (unpaired) electrons. The highest BCUT2D eigenvalue weighted by atomic mass is 32.2. The Morgan fingerprint density at radius 2 is 1.91 bits per heavy atom. The summed E-state index contributed by atoms with van der Waals surface area (Å²) in [6.45, 7) is -1.32. The lowest BCUT2D eigenvalue weighted by atomic mass is 10.1. The van der Waals surface area contributed by atoms with Crippen LogP contribution in [0.1, 0.15) is 25.5 Å². The Balaban J connectivity index is 1.20. The van der Waals surface area contributed by atoms with E-state index in [1.54, 1.807) is 6.07 Å². The molecule has 3 atom stereocenters. The first-order valence-electron chi connectivity index (χ1n) is 12.8. The number of aliphatic hydroxyl groups is 2. The zero-order valence-corrected chi connectivity index (χ0v) is 23.3. The molecule has 17 nitrogen and oxygen atoms in total. The summed E-state index contributed by atoms with van der Waals surface area (Å²) in [6, 6.07) is 8.08. The van der Waals surface area contributed by atoms with E-state index in [1.807, 2.05) is 0 Å². The fourth-order valence-corrected chi connectivity index (χ4v) is 5.22. The topological polar surface area (TPSA) is 236 Å². The highest BCUT2D eigenvalue weighted by molar-refractivity contribution is 7.91. The lowest BCUT2D eigenvalue weighted by Crippen LogP contribution is -2.41. The first-order valence-corrected chi connectivity index (χ1v) is 14.2. The van der Waals surface area contributed by atoms with Crippen molar-refractivity contribution in [2.24, 2.45) is 0 Å². The maximum atomic E-state index is 14.3. The smallest absolute Gasteiger partial charge is 0.414 e. The maximum Gasteiger partial charge on any atom is 0.414 e. The predicted molar refractivity (Wildman–Crippen MR) is 137 cm³/mol. The summed E-state index contributed by atoms with van der Waals surface area (Å²) in [6.07, 6.45) is -6.07. The van der Waals surface area contributed by atoms with Crippen molar-refractivity contribution in [1.82, 2.24) is 14.7 Å². The largest absolute Gasteiger partial charge is 0.466 e. The molecule has 4 rings (SSSR count). The standard InChI is InChI=1S/C24H25F2N5O12S/c25-24(26)19(35)15(13-32)42-22(24)30-10-9-16(28-23(30)36)27-17(33)7-8-18(34)40-11-4-12-41-20-21(31(37)43-29-20)44(38,39)14-5-2-1-3-6-14/h1-3,5-6,9-10,15,19,22,32,35H,4,7-8,11-13H2,(H,27,28,33,36)/t15-,19-,22-/m1/s1. The van der Waals surface area contributed by atoms with E-state index in [1.165, 1.54) is 24.3 Å². The van der Waals surface area contributed by atoms with Crippen LogP contribution in [-0.4, -0.2) is 83.2 Å². The Morgan fingerprint density at radius 1 is 1.18 bits per heavy atom. The number of nitrogens with one attached hydrogen (secondary N) is 1. The van der Waals surface area contributed by atoms with E-state index in [-0.39, 0.29) is 41.7 Å². The monoisotopic (exact) mass is 645 g/mol. The van der Waals surface area contributed by atoms with Gasteiger partial charge in [-0.2, -0.15) is 13.8 Å². The number of sulfone groups is 1. The third-order valence-corrected chi connectivity index (χ3v) is 7.84. The molecule has 0 unspecified atom stereocenters. The summed E-state index contributed by atoms with van der Waals surface area (Å²) in [5.74, 6) is -6.32. The third-order valence-electron chi connectivity index (χ3n) is 6.11. The highest BCUT2D eigenvalue weighted by Crippen LogP contribution is 2.42. The normalized spacial score (nSPS) is 19.4. The van der Waals surface area contributed by atoms with E-state index in [0.717, 1.165) is 12.3 Å². The van der Waals surface area contributed by atoms with Crippen molar-refractivity contribution >= 4 is 27.5 Å². The van der Waals surface area contributed by atoms with Gasteiger partial charge >= 0.3 is 28.5 Å². The van der Waals surface area contributed by atoms with Gasteiger partial charge in [0.1, 0.15) is 11.9 Å². The number of rotatable bonds is 13. The minimum absolute atomic E-state index is 0.0501. The summed E-state index contributed by atoms with van der Waals surface area (Å²) in [4.78, 5) is 39.4. The van der Waals surface area contributed by atoms with E-state index in [9.17, 15) is 41.9 Å². The molecule has 1 amide bonds. The molecule has 0 bridgehead atoms. The number of nitrogens with zero attached hydrogens (tertiary/aromatic N) is 4. The summed E-state index contributed by atoms with van der Waals surface area (Å²) in [7, 11) is -4.30. The van der Waals surface area contributed by atoms with Gasteiger partial charge in [0, 0.05) is 19.0 Å². The molecule has 20 heteroatoms. The molecule has 3 heterocycles. The molecule has 1 fully saturated rings. The summed E-state index contributed by atoms with van der Waals surface area (Å²) >= 11 is 0. The molecule has 2 aromatic heterocycles. The van der Waals surface area contributed by atoms with Gasteiger partial charge < -0.3 is 34.9 Å². The average molecular weight is 646 g/mol. The molecule has 238 valence electrons. The van der Waals surface area contributed by atoms with Crippen molar-refractivity contribution in [2.45, 2.75) is 53.5 Å². The van der Waals surface area contributed by atoms with Crippen LogP contribution < -0.4 is 20.6 Å². The molecule has 1 aromatic carbocycles. The van der Waals surface area contributed by atoms with E-state index in [4.69, 9.17) is 19.3 Å². The number of hydrogen-bond acceptors (Lipinski definition) is 14. The van der Waals surface area contributed by atoms with Crippen molar-refractivity contribution in [3.05, 3.63) is 58.3 Å². The number of carbonyl (C=O) groups is 2.